The Bertz CT molecular complexity index is 2380. The number of aromatic nitrogens is 5. The molecule has 0 radical (unpaired) electrons. The van der Waals surface area contributed by atoms with E-state index in [-0.39, 0.29) is 47.3 Å². The third-order valence-electron chi connectivity index (χ3n) is 9.38. The maximum atomic E-state index is 14.4. The molecule has 4 heterocycles. The molecule has 0 spiro atoms. The van der Waals surface area contributed by atoms with E-state index in [1.165, 1.54) is 24.4 Å². The van der Waals surface area contributed by atoms with Crippen LogP contribution in [0, 0.1) is 19.8 Å². The highest BCUT2D eigenvalue weighted by atomic mass is 32.2. The molecule has 0 saturated carbocycles. The number of hydrogen-bond donors (Lipinski definition) is 1. The molecule has 2 aromatic carbocycles. The van der Waals surface area contributed by atoms with E-state index in [0.29, 0.717) is 28.8 Å². The lowest BCUT2D eigenvalue weighted by Crippen LogP contribution is -2.47. The molecule has 0 saturated heterocycles. The van der Waals surface area contributed by atoms with Crippen LogP contribution in [0.3, 0.4) is 0 Å². The summed E-state index contributed by atoms with van der Waals surface area (Å²) in [4.78, 5) is 33.7. The van der Waals surface area contributed by atoms with Crippen molar-refractivity contribution in [2.24, 2.45) is 13.0 Å². The minimum Gasteiger partial charge on any atom is -0.475 e. The van der Waals surface area contributed by atoms with Crippen LogP contribution in [0.1, 0.15) is 74.5 Å². The molecule has 16 heteroatoms. The van der Waals surface area contributed by atoms with E-state index >= 15 is 0 Å². The van der Waals surface area contributed by atoms with Crippen LogP contribution in [0.25, 0.3) is 22.4 Å². The fourth-order valence-electron chi connectivity index (χ4n) is 6.79. The van der Waals surface area contributed by atoms with Crippen molar-refractivity contribution >= 4 is 33.0 Å². The van der Waals surface area contributed by atoms with Gasteiger partial charge in [0.2, 0.25) is 11.8 Å². The number of amides is 1. The highest BCUT2D eigenvalue weighted by Crippen LogP contribution is 2.35. The van der Waals surface area contributed by atoms with Crippen LogP contribution in [0.2, 0.25) is 0 Å². The lowest BCUT2D eigenvalue weighted by atomic mass is 9.91. The van der Waals surface area contributed by atoms with E-state index < -0.39 is 41.5 Å². The number of ether oxygens (including phenoxy) is 2. The molecule has 6 rings (SSSR count). The Labute approximate surface area is 319 Å². The number of nitrogens with one attached hydrogen (secondary N) is 1. The van der Waals surface area contributed by atoms with Crippen molar-refractivity contribution in [3.63, 3.8) is 0 Å². The van der Waals surface area contributed by atoms with Gasteiger partial charge in [0.15, 0.2) is 5.65 Å². The van der Waals surface area contributed by atoms with Crippen molar-refractivity contribution in [2.75, 3.05) is 17.9 Å². The van der Waals surface area contributed by atoms with E-state index in [9.17, 15) is 26.4 Å². The summed E-state index contributed by atoms with van der Waals surface area (Å²) in [5.74, 6) is -0.911. The van der Waals surface area contributed by atoms with Crippen LogP contribution < -0.4 is 9.46 Å². The summed E-state index contributed by atoms with van der Waals surface area (Å²) in [6.07, 6.45) is -2.89. The van der Waals surface area contributed by atoms with E-state index in [4.69, 9.17) is 9.72 Å². The van der Waals surface area contributed by atoms with Gasteiger partial charge in [-0.25, -0.2) is 23.1 Å². The number of alkyl halides is 3. The zero-order valence-electron chi connectivity index (χ0n) is 31.9. The molecule has 1 aliphatic heterocycles. The van der Waals surface area contributed by atoms with Crippen LogP contribution in [0.4, 0.5) is 19.1 Å². The van der Waals surface area contributed by atoms with Crippen molar-refractivity contribution in [3.05, 3.63) is 88.4 Å². The van der Waals surface area contributed by atoms with Gasteiger partial charge in [0, 0.05) is 36.3 Å². The largest absolute Gasteiger partial charge is 0.522 e. The predicted octanol–water partition coefficient (Wildman–Crippen LogP) is 7.52. The molecular weight excluding hydrogens is 736 g/mol. The van der Waals surface area contributed by atoms with Gasteiger partial charge < -0.3 is 14.2 Å². The van der Waals surface area contributed by atoms with Gasteiger partial charge >= 0.3 is 6.36 Å². The maximum absolute atomic E-state index is 14.4. The Morgan fingerprint density at radius 1 is 1.05 bits per heavy atom. The predicted molar refractivity (Wildman–Crippen MR) is 203 cm³/mol. The van der Waals surface area contributed by atoms with Crippen LogP contribution >= 0.6 is 0 Å². The van der Waals surface area contributed by atoms with E-state index in [1.54, 1.807) is 6.92 Å². The Morgan fingerprint density at radius 3 is 2.47 bits per heavy atom. The SMILES string of the molecule is Cc1cccc(CC(C)C)c1-c1nc2nc(c1C)OC[C@@H](COC(F)(F)F)N(Cc1cnc3cc(C(C)(C)C)n(C)c3n1)C(=O)c1cccc(c1)S(=O)(=O)N2.[HH]. The Morgan fingerprint density at radius 2 is 1.78 bits per heavy atom. The Kier molecular flexibility index (Phi) is 10.7. The minimum atomic E-state index is -5.04. The number of rotatable bonds is 7. The first kappa shape index (κ1) is 39.6. The van der Waals surface area contributed by atoms with Crippen LogP contribution in [-0.4, -0.2) is 69.3 Å². The fraction of sp³-hybridized carbons (Fsp3) is 0.410. The number of hydrogen-bond acceptors (Lipinski definition) is 9. The first-order valence-electron chi connectivity index (χ1n) is 17.8. The molecule has 4 bridgehead atoms. The maximum Gasteiger partial charge on any atom is 0.522 e. The van der Waals surface area contributed by atoms with E-state index in [0.717, 1.165) is 33.4 Å². The van der Waals surface area contributed by atoms with Gasteiger partial charge in [0.25, 0.3) is 15.9 Å². The van der Waals surface area contributed by atoms with Gasteiger partial charge in [-0.1, -0.05) is 58.9 Å². The number of carbonyl (C=O) groups is 1. The van der Waals surface area contributed by atoms with Crippen molar-refractivity contribution in [1.29, 1.82) is 0 Å². The number of fused-ring (bicyclic) bond motifs is 5. The normalized spacial score (nSPS) is 16.3. The number of carbonyl (C=O) groups excluding carboxylic acids is 1. The molecule has 55 heavy (non-hydrogen) atoms. The first-order valence-corrected chi connectivity index (χ1v) is 19.3. The van der Waals surface area contributed by atoms with Crippen LogP contribution in [0.5, 0.6) is 5.88 Å². The number of nitrogens with zero attached hydrogens (tertiary/aromatic N) is 6. The van der Waals surface area contributed by atoms with Gasteiger partial charge in [-0.15, -0.1) is 13.2 Å². The smallest absolute Gasteiger partial charge is 0.475 e. The highest BCUT2D eigenvalue weighted by molar-refractivity contribution is 7.92. The summed E-state index contributed by atoms with van der Waals surface area (Å²) in [5, 5.41) is 0. The molecule has 0 aliphatic carbocycles. The third kappa shape index (κ3) is 8.59. The minimum absolute atomic E-state index is 0. The standard InChI is InChI=1S/C39H44F3N7O5S.H2/c1-22(2)15-25-12-9-11-23(3)32(25)33-24(4)35-46-37(45-33)47-55(51,52)29-14-10-13-26(16-29)36(50)49(28(20-53-35)21-54-39(40,41)42)19-27-18-43-30-17-31(38(5,6)7)48(8)34(30)44-27;/h9-14,16-18,22,28H,15,19-21H2,1-8H3,(H,45,46,47);1H/t28-;/m0./s1. The molecular formula is C39H46F3N7O5S. The second-order valence-corrected chi connectivity index (χ2v) is 16.9. The van der Waals surface area contributed by atoms with E-state index in [1.807, 2.05) is 63.6 Å². The molecule has 12 nitrogen and oxygen atoms in total. The quantitative estimate of drug-likeness (QED) is 0.178. The number of aryl methyl sites for hydroxylation is 2. The zero-order valence-corrected chi connectivity index (χ0v) is 32.8. The molecule has 1 N–H and O–H groups in total. The van der Waals surface area contributed by atoms with E-state index in [2.05, 4.69) is 38.3 Å². The molecule has 0 unspecified atom stereocenters. The number of sulfonamides is 1. The summed E-state index contributed by atoms with van der Waals surface area (Å²) in [5.41, 5.74) is 5.39. The molecule has 1 aliphatic rings. The molecule has 1 amide bonds. The lowest BCUT2D eigenvalue weighted by molar-refractivity contribution is -0.328. The van der Waals surface area contributed by atoms with Gasteiger partial charge in [0.1, 0.15) is 12.1 Å². The summed E-state index contributed by atoms with van der Waals surface area (Å²) < 4.78 is 83.6. The van der Waals surface area contributed by atoms with Crippen molar-refractivity contribution in [1.82, 2.24) is 29.4 Å². The van der Waals surface area contributed by atoms with Crippen molar-refractivity contribution in [2.45, 2.75) is 84.1 Å². The summed E-state index contributed by atoms with van der Waals surface area (Å²) in [6.45, 7) is 12.0. The topological polar surface area (TPSA) is 141 Å². The number of halogens is 3. The molecule has 1 atom stereocenters. The molecule has 3 aromatic heterocycles. The fourth-order valence-corrected chi connectivity index (χ4v) is 7.78. The Balaban J connectivity index is 0.00000600. The Hall–Kier alpha value is -5.09. The lowest BCUT2D eigenvalue weighted by Gasteiger charge is -2.32. The summed E-state index contributed by atoms with van der Waals surface area (Å²) in [6, 6.07) is 11.5. The number of anilines is 1. The van der Waals surface area contributed by atoms with Gasteiger partial charge in [-0.3, -0.25) is 14.5 Å². The summed E-state index contributed by atoms with van der Waals surface area (Å²) >= 11 is 0. The molecule has 0 fully saturated rings. The zero-order chi connectivity index (χ0) is 40.0. The average Bonchev–Trinajstić information content (AvgIpc) is 3.43. The second kappa shape index (κ2) is 14.9. The highest BCUT2D eigenvalue weighted by Gasteiger charge is 2.35. The van der Waals surface area contributed by atoms with Gasteiger partial charge in [-0.2, -0.15) is 4.98 Å². The van der Waals surface area contributed by atoms with Gasteiger partial charge in [-0.05, 0) is 61.6 Å². The molecule has 294 valence electrons. The monoisotopic (exact) mass is 781 g/mol. The average molecular weight is 782 g/mol. The van der Waals surface area contributed by atoms with Crippen LogP contribution in [0.15, 0.2) is 59.6 Å². The summed E-state index contributed by atoms with van der Waals surface area (Å²) in [7, 11) is -2.55. The van der Waals surface area contributed by atoms with Crippen LogP contribution in [-0.2, 0) is 40.2 Å². The third-order valence-corrected chi connectivity index (χ3v) is 10.7. The molecule has 5 aromatic rings. The van der Waals surface area contributed by atoms with Crippen molar-refractivity contribution in [3.8, 4) is 17.1 Å². The number of benzene rings is 2. The second-order valence-electron chi connectivity index (χ2n) is 15.2. The van der Waals surface area contributed by atoms with Gasteiger partial charge in [0.05, 0.1) is 41.7 Å². The first-order chi connectivity index (χ1) is 25.7. The van der Waals surface area contributed by atoms with Crippen molar-refractivity contribution < 1.29 is 37.3 Å².